The van der Waals surface area contributed by atoms with Crippen LogP contribution in [0.2, 0.25) is 0 Å². The van der Waals surface area contributed by atoms with E-state index in [0.29, 0.717) is 6.61 Å². The molecule has 0 radical (unpaired) electrons. The number of amides is 2. The molecular formula is C23H29N3O3. The van der Waals surface area contributed by atoms with Crippen molar-refractivity contribution in [3.05, 3.63) is 53.1 Å². The van der Waals surface area contributed by atoms with Gasteiger partial charge in [0.05, 0.1) is 13.2 Å². The minimum Gasteiger partial charge on any atom is -0.497 e. The maximum Gasteiger partial charge on any atom is 0.317 e. The minimum absolute atomic E-state index is 0.00874. The molecule has 1 atom stereocenters. The maximum atomic E-state index is 12.8. The summed E-state index contributed by atoms with van der Waals surface area (Å²) in [6.07, 6.45) is 0.751. The smallest absolute Gasteiger partial charge is 0.317 e. The number of nitrogens with one attached hydrogen (secondary N) is 1. The maximum absolute atomic E-state index is 12.8. The highest BCUT2D eigenvalue weighted by Crippen LogP contribution is 2.29. The number of piperazine rings is 1. The lowest BCUT2D eigenvalue weighted by atomic mass is 10.0. The van der Waals surface area contributed by atoms with Gasteiger partial charge in [-0.25, -0.2) is 4.79 Å². The van der Waals surface area contributed by atoms with Gasteiger partial charge < -0.3 is 24.6 Å². The van der Waals surface area contributed by atoms with Gasteiger partial charge in [-0.15, -0.1) is 0 Å². The molecule has 1 fully saturated rings. The Morgan fingerprint density at radius 2 is 1.93 bits per heavy atom. The van der Waals surface area contributed by atoms with Gasteiger partial charge in [-0.05, 0) is 61.2 Å². The van der Waals surface area contributed by atoms with Crippen LogP contribution in [-0.4, -0.2) is 56.9 Å². The van der Waals surface area contributed by atoms with E-state index >= 15 is 0 Å². The van der Waals surface area contributed by atoms with Crippen molar-refractivity contribution in [2.75, 3.05) is 44.8 Å². The Kier molecular flexibility index (Phi) is 5.51. The Labute approximate surface area is 172 Å². The van der Waals surface area contributed by atoms with Gasteiger partial charge in [0.25, 0.3) is 0 Å². The first kappa shape index (κ1) is 19.4. The van der Waals surface area contributed by atoms with Crippen LogP contribution in [0.5, 0.6) is 11.5 Å². The number of aryl methyl sites for hydroxylation is 1. The summed E-state index contributed by atoms with van der Waals surface area (Å²) in [7, 11) is 1.66. The van der Waals surface area contributed by atoms with Gasteiger partial charge in [0.2, 0.25) is 0 Å². The SMILES string of the molecule is COc1ccc2c(c1)C[C@@H](NC(=O)N1CCN(c3cccc(C)c3C)CC1)CO2. The summed E-state index contributed by atoms with van der Waals surface area (Å²) < 4.78 is 11.1. The Hall–Kier alpha value is -2.89. The molecule has 6 nitrogen and oxygen atoms in total. The standard InChI is InChI=1S/C23H29N3O3/c1-16-5-4-6-21(17(16)2)25-9-11-26(12-10-25)23(27)24-19-13-18-14-20(28-3)7-8-22(18)29-15-19/h4-8,14,19H,9-13,15H2,1-3H3,(H,24,27)/t19-/m1/s1. The second-order valence-electron chi connectivity index (χ2n) is 7.83. The zero-order valence-corrected chi connectivity index (χ0v) is 17.4. The van der Waals surface area contributed by atoms with Crippen molar-refractivity contribution >= 4 is 11.7 Å². The highest BCUT2D eigenvalue weighted by atomic mass is 16.5. The van der Waals surface area contributed by atoms with Crippen molar-refractivity contribution < 1.29 is 14.3 Å². The third kappa shape index (κ3) is 4.11. The van der Waals surface area contributed by atoms with Crippen LogP contribution in [0.25, 0.3) is 0 Å². The van der Waals surface area contributed by atoms with E-state index in [-0.39, 0.29) is 12.1 Å². The van der Waals surface area contributed by atoms with Crippen molar-refractivity contribution in [2.45, 2.75) is 26.3 Å². The van der Waals surface area contributed by atoms with Crippen molar-refractivity contribution in [2.24, 2.45) is 0 Å². The highest BCUT2D eigenvalue weighted by molar-refractivity contribution is 5.75. The Morgan fingerprint density at radius 1 is 1.14 bits per heavy atom. The van der Waals surface area contributed by atoms with E-state index in [2.05, 4.69) is 42.3 Å². The first-order chi connectivity index (χ1) is 14.0. The first-order valence-corrected chi connectivity index (χ1v) is 10.2. The van der Waals surface area contributed by atoms with Crippen LogP contribution in [0.3, 0.4) is 0 Å². The highest BCUT2D eigenvalue weighted by Gasteiger charge is 2.26. The zero-order valence-electron chi connectivity index (χ0n) is 17.4. The predicted molar refractivity (Wildman–Crippen MR) is 114 cm³/mol. The molecule has 0 aliphatic carbocycles. The molecule has 0 saturated carbocycles. The molecule has 2 aromatic rings. The van der Waals surface area contributed by atoms with Gasteiger partial charge in [0, 0.05) is 31.9 Å². The van der Waals surface area contributed by atoms with Crippen LogP contribution in [-0.2, 0) is 6.42 Å². The molecule has 6 heteroatoms. The van der Waals surface area contributed by atoms with Gasteiger partial charge >= 0.3 is 6.03 Å². The van der Waals surface area contributed by atoms with E-state index < -0.39 is 0 Å². The van der Waals surface area contributed by atoms with Crippen molar-refractivity contribution in [3.8, 4) is 11.5 Å². The van der Waals surface area contributed by atoms with E-state index in [1.54, 1.807) is 7.11 Å². The Bertz CT molecular complexity index is 891. The fourth-order valence-electron chi connectivity index (χ4n) is 4.09. The van der Waals surface area contributed by atoms with E-state index in [4.69, 9.17) is 9.47 Å². The summed E-state index contributed by atoms with van der Waals surface area (Å²) in [5.74, 6) is 1.68. The fourth-order valence-corrected chi connectivity index (χ4v) is 4.09. The molecule has 2 amide bonds. The number of nitrogens with zero attached hydrogens (tertiary/aromatic N) is 2. The molecule has 0 aromatic heterocycles. The minimum atomic E-state index is -0.0286. The second kappa shape index (κ2) is 8.23. The summed E-state index contributed by atoms with van der Waals surface area (Å²) >= 11 is 0. The average molecular weight is 396 g/mol. The molecule has 2 aliphatic rings. The van der Waals surface area contributed by atoms with Crippen molar-refractivity contribution in [1.82, 2.24) is 10.2 Å². The number of carbonyl (C=O) groups is 1. The van der Waals surface area contributed by atoms with Gasteiger partial charge in [-0.3, -0.25) is 0 Å². The lowest BCUT2D eigenvalue weighted by Gasteiger charge is -2.38. The zero-order chi connectivity index (χ0) is 20.4. The quantitative estimate of drug-likeness (QED) is 0.868. The molecule has 4 rings (SSSR count). The van der Waals surface area contributed by atoms with Crippen molar-refractivity contribution in [1.29, 1.82) is 0 Å². The van der Waals surface area contributed by atoms with Crippen LogP contribution in [0.15, 0.2) is 36.4 Å². The second-order valence-corrected chi connectivity index (χ2v) is 7.83. The van der Waals surface area contributed by atoms with Gasteiger partial charge in [-0.2, -0.15) is 0 Å². The summed E-state index contributed by atoms with van der Waals surface area (Å²) in [5.41, 5.74) is 4.97. The molecule has 29 heavy (non-hydrogen) atoms. The van der Waals surface area contributed by atoms with Gasteiger partial charge in [0.15, 0.2) is 0 Å². The van der Waals surface area contributed by atoms with Crippen LogP contribution >= 0.6 is 0 Å². The predicted octanol–water partition coefficient (Wildman–Crippen LogP) is 3.15. The molecule has 0 spiro atoms. The van der Waals surface area contributed by atoms with Crippen LogP contribution in [0.4, 0.5) is 10.5 Å². The lowest BCUT2D eigenvalue weighted by Crippen LogP contribution is -2.55. The largest absolute Gasteiger partial charge is 0.497 e. The van der Waals surface area contributed by atoms with Crippen LogP contribution in [0, 0.1) is 13.8 Å². The lowest BCUT2D eigenvalue weighted by molar-refractivity contribution is 0.178. The van der Waals surface area contributed by atoms with Crippen LogP contribution in [0.1, 0.15) is 16.7 Å². The number of hydrogen-bond donors (Lipinski definition) is 1. The van der Waals surface area contributed by atoms with Crippen molar-refractivity contribution in [3.63, 3.8) is 0 Å². The number of fused-ring (bicyclic) bond motifs is 1. The molecule has 2 heterocycles. The van der Waals surface area contributed by atoms with E-state index in [1.807, 2.05) is 23.1 Å². The molecule has 1 saturated heterocycles. The molecule has 0 bridgehead atoms. The fraction of sp³-hybridized carbons (Fsp3) is 0.435. The summed E-state index contributed by atoms with van der Waals surface area (Å²) in [5, 5.41) is 3.14. The summed E-state index contributed by atoms with van der Waals surface area (Å²) in [6.45, 7) is 7.93. The normalized spacial score (nSPS) is 18.7. The Balaban J connectivity index is 1.33. The number of ether oxygens (including phenoxy) is 2. The summed E-state index contributed by atoms with van der Waals surface area (Å²) in [4.78, 5) is 17.1. The van der Waals surface area contributed by atoms with E-state index in [0.717, 1.165) is 49.7 Å². The molecule has 0 unspecified atom stereocenters. The molecule has 154 valence electrons. The summed E-state index contributed by atoms with van der Waals surface area (Å²) in [6, 6.07) is 12.2. The van der Waals surface area contributed by atoms with Gasteiger partial charge in [0.1, 0.15) is 18.1 Å². The van der Waals surface area contributed by atoms with E-state index in [9.17, 15) is 4.79 Å². The average Bonchev–Trinajstić information content (AvgIpc) is 2.75. The number of methoxy groups -OCH3 is 1. The number of benzene rings is 2. The molecule has 2 aliphatic heterocycles. The van der Waals surface area contributed by atoms with E-state index in [1.165, 1.54) is 16.8 Å². The molecule has 1 N–H and O–H groups in total. The topological polar surface area (TPSA) is 54.0 Å². The monoisotopic (exact) mass is 395 g/mol. The third-order valence-corrected chi connectivity index (χ3v) is 5.99. The number of carbonyl (C=O) groups excluding carboxylic acids is 1. The number of urea groups is 1. The van der Waals surface area contributed by atoms with Gasteiger partial charge in [-0.1, -0.05) is 12.1 Å². The molecular weight excluding hydrogens is 366 g/mol. The molecule has 2 aromatic carbocycles. The number of rotatable bonds is 3. The number of anilines is 1. The van der Waals surface area contributed by atoms with Crippen LogP contribution < -0.4 is 19.7 Å². The Morgan fingerprint density at radius 3 is 2.69 bits per heavy atom. The first-order valence-electron chi connectivity index (χ1n) is 10.2. The number of hydrogen-bond acceptors (Lipinski definition) is 4. The third-order valence-electron chi connectivity index (χ3n) is 5.99.